The summed E-state index contributed by atoms with van der Waals surface area (Å²) in [6, 6.07) is 9.68. The minimum Gasteiger partial charge on any atom is -0.460 e. The van der Waals surface area contributed by atoms with Crippen molar-refractivity contribution >= 4 is 23.0 Å². The topological polar surface area (TPSA) is 95.0 Å². The predicted molar refractivity (Wildman–Crippen MR) is 127 cm³/mol. The quantitative estimate of drug-likeness (QED) is 0.510. The minimum atomic E-state index is -0.841. The summed E-state index contributed by atoms with van der Waals surface area (Å²) >= 11 is 0. The van der Waals surface area contributed by atoms with Crippen molar-refractivity contribution in [2.45, 2.75) is 63.9 Å². The van der Waals surface area contributed by atoms with Crippen LogP contribution in [-0.4, -0.2) is 40.5 Å². The molecule has 1 N–H and O–H groups in total. The molecule has 180 valence electrons. The van der Waals surface area contributed by atoms with Crippen molar-refractivity contribution in [3.05, 3.63) is 66.4 Å². The van der Waals surface area contributed by atoms with E-state index in [0.717, 1.165) is 35.7 Å². The first-order chi connectivity index (χ1) is 16.5. The highest BCUT2D eigenvalue weighted by Gasteiger charge is 2.38. The number of esters is 1. The van der Waals surface area contributed by atoms with Crippen LogP contribution in [0.15, 0.2) is 60.8 Å². The number of ether oxygens (including phenoxy) is 3. The lowest BCUT2D eigenvalue weighted by atomic mass is 9.90. The second-order valence-corrected chi connectivity index (χ2v) is 9.07. The number of aliphatic hydroxyl groups excluding tert-OH is 1. The molecule has 1 aliphatic heterocycles. The Balaban J connectivity index is 1.34. The predicted octanol–water partition coefficient (Wildman–Crippen LogP) is 4.87. The Labute approximate surface area is 199 Å². The van der Waals surface area contributed by atoms with Gasteiger partial charge in [-0.2, -0.15) is 0 Å². The number of hydrogen-bond acceptors (Lipinski definition) is 7. The summed E-state index contributed by atoms with van der Waals surface area (Å²) in [6.07, 6.45) is 10.2. The molecule has 1 fully saturated rings. The third-order valence-electron chi connectivity index (χ3n) is 6.44. The van der Waals surface area contributed by atoms with Crippen molar-refractivity contribution in [1.82, 2.24) is 4.98 Å². The summed E-state index contributed by atoms with van der Waals surface area (Å²) in [5.41, 5.74) is 1.66. The Morgan fingerprint density at radius 1 is 1.24 bits per heavy atom. The average Bonchev–Trinajstić information content (AvgIpc) is 3.22. The molecular weight excluding hydrogens is 434 g/mol. The average molecular weight is 466 g/mol. The van der Waals surface area contributed by atoms with Gasteiger partial charge in [0.1, 0.15) is 12.7 Å². The number of allylic oxidation sites excluding steroid dienone is 2. The van der Waals surface area contributed by atoms with Gasteiger partial charge in [-0.25, -0.2) is 9.59 Å². The van der Waals surface area contributed by atoms with E-state index in [1.54, 1.807) is 6.20 Å². The van der Waals surface area contributed by atoms with Crippen LogP contribution in [-0.2, 0) is 25.6 Å². The van der Waals surface area contributed by atoms with E-state index in [0.29, 0.717) is 12.8 Å². The van der Waals surface area contributed by atoms with Crippen LogP contribution in [0.4, 0.5) is 4.79 Å². The van der Waals surface area contributed by atoms with Crippen LogP contribution < -0.4 is 0 Å². The minimum absolute atomic E-state index is 0.0383. The van der Waals surface area contributed by atoms with Gasteiger partial charge in [-0.3, -0.25) is 4.98 Å². The molecule has 5 atom stereocenters. The largest absolute Gasteiger partial charge is 0.508 e. The third-order valence-corrected chi connectivity index (χ3v) is 6.44. The number of para-hydroxylation sites is 1. The second kappa shape index (κ2) is 11.3. The molecule has 1 saturated carbocycles. The molecule has 0 unspecified atom stereocenters. The fourth-order valence-corrected chi connectivity index (χ4v) is 4.68. The molecule has 2 aromatic rings. The number of hydrogen-bond donors (Lipinski definition) is 1. The van der Waals surface area contributed by atoms with Gasteiger partial charge in [0.05, 0.1) is 17.7 Å². The number of cyclic esters (lactones) is 1. The number of pyridine rings is 1. The van der Waals surface area contributed by atoms with Gasteiger partial charge in [-0.15, -0.1) is 0 Å². The van der Waals surface area contributed by atoms with Gasteiger partial charge < -0.3 is 19.3 Å². The highest BCUT2D eigenvalue weighted by atomic mass is 16.7. The molecule has 7 nitrogen and oxygen atoms in total. The molecule has 34 heavy (non-hydrogen) atoms. The number of aromatic nitrogens is 1. The van der Waals surface area contributed by atoms with E-state index < -0.39 is 18.2 Å². The highest BCUT2D eigenvalue weighted by Crippen LogP contribution is 2.38. The number of carbonyl (C=O) groups excluding carboxylic acids is 2. The molecule has 0 radical (unpaired) electrons. The van der Waals surface area contributed by atoms with E-state index >= 15 is 0 Å². The first-order valence-corrected chi connectivity index (χ1v) is 11.9. The smallest absolute Gasteiger partial charge is 0.460 e. The molecule has 4 rings (SSSR count). The van der Waals surface area contributed by atoms with E-state index in [2.05, 4.69) is 17.1 Å². The Hall–Kier alpha value is -3.19. The normalized spacial score (nSPS) is 29.6. The Kier molecular flexibility index (Phi) is 7.95. The van der Waals surface area contributed by atoms with Gasteiger partial charge in [0.2, 0.25) is 0 Å². The summed E-state index contributed by atoms with van der Waals surface area (Å²) in [5, 5.41) is 11.7. The number of aliphatic hydroxyl groups is 1. The van der Waals surface area contributed by atoms with Crippen molar-refractivity contribution in [1.29, 1.82) is 0 Å². The van der Waals surface area contributed by atoms with E-state index in [4.69, 9.17) is 14.2 Å². The number of fused-ring (bicyclic) bond motifs is 2. The van der Waals surface area contributed by atoms with Crippen molar-refractivity contribution in [2.24, 2.45) is 11.8 Å². The molecule has 2 aliphatic rings. The maximum absolute atomic E-state index is 12.4. The van der Waals surface area contributed by atoms with Crippen LogP contribution in [0.3, 0.4) is 0 Å². The monoisotopic (exact) mass is 465 g/mol. The Morgan fingerprint density at radius 2 is 2.09 bits per heavy atom. The standard InChI is InChI=1S/C27H31NO6/c1-18-7-3-2-4-8-20-14-22(15-23(20)25(29)11-12-26(30)33-18)34-27(31)32-17-19-13-21-9-5-6-10-24(21)28-16-19/h4-6,8-13,16,18,20,22-23,25,29H,2-3,7,14-15,17H2,1H3/b8-4+,12-11+/t18-,20+,22-,23+,25+/m0/s1. The number of benzene rings is 1. The molecule has 0 saturated heterocycles. The van der Waals surface area contributed by atoms with Crippen LogP contribution in [0.2, 0.25) is 0 Å². The van der Waals surface area contributed by atoms with Gasteiger partial charge in [0.15, 0.2) is 0 Å². The number of rotatable bonds is 3. The van der Waals surface area contributed by atoms with Crippen LogP contribution in [0.25, 0.3) is 10.9 Å². The maximum Gasteiger partial charge on any atom is 0.508 e. The van der Waals surface area contributed by atoms with Crippen molar-refractivity contribution in [3.63, 3.8) is 0 Å². The van der Waals surface area contributed by atoms with Crippen LogP contribution in [0.5, 0.6) is 0 Å². The first kappa shape index (κ1) is 24.0. The fourth-order valence-electron chi connectivity index (χ4n) is 4.68. The first-order valence-electron chi connectivity index (χ1n) is 11.9. The van der Waals surface area contributed by atoms with Crippen molar-refractivity contribution in [3.8, 4) is 0 Å². The second-order valence-electron chi connectivity index (χ2n) is 9.07. The maximum atomic E-state index is 12.4. The lowest BCUT2D eigenvalue weighted by Gasteiger charge is -2.19. The van der Waals surface area contributed by atoms with Crippen molar-refractivity contribution in [2.75, 3.05) is 0 Å². The number of nitrogens with zero attached hydrogens (tertiary/aromatic N) is 1. The summed E-state index contributed by atoms with van der Waals surface area (Å²) in [7, 11) is 0. The summed E-state index contributed by atoms with van der Waals surface area (Å²) in [6.45, 7) is 1.94. The zero-order valence-corrected chi connectivity index (χ0v) is 19.3. The third kappa shape index (κ3) is 6.44. The molecule has 0 amide bonds. The highest BCUT2D eigenvalue weighted by molar-refractivity contribution is 5.82. The van der Waals surface area contributed by atoms with Gasteiger partial charge in [0, 0.05) is 23.2 Å². The Morgan fingerprint density at radius 3 is 2.97 bits per heavy atom. The lowest BCUT2D eigenvalue weighted by molar-refractivity contribution is -0.142. The molecule has 1 aromatic heterocycles. The van der Waals surface area contributed by atoms with Gasteiger partial charge in [0.25, 0.3) is 0 Å². The molecule has 0 bridgehead atoms. The lowest BCUT2D eigenvalue weighted by Crippen LogP contribution is -2.22. The molecule has 7 heteroatoms. The fraction of sp³-hybridized carbons (Fsp3) is 0.444. The van der Waals surface area contributed by atoms with Crippen LogP contribution >= 0.6 is 0 Å². The van der Waals surface area contributed by atoms with Crippen LogP contribution in [0, 0.1) is 11.8 Å². The Bertz CT molecular complexity index is 1060. The summed E-state index contributed by atoms with van der Waals surface area (Å²) in [4.78, 5) is 28.7. The van der Waals surface area contributed by atoms with Gasteiger partial charge in [-0.1, -0.05) is 30.4 Å². The molecule has 0 spiro atoms. The van der Waals surface area contributed by atoms with Gasteiger partial charge in [-0.05, 0) is 69.1 Å². The van der Waals surface area contributed by atoms with E-state index in [-0.39, 0.29) is 30.7 Å². The summed E-state index contributed by atoms with van der Waals surface area (Å²) < 4.78 is 16.2. The zero-order valence-electron chi connectivity index (χ0n) is 19.3. The van der Waals surface area contributed by atoms with Crippen LogP contribution in [0.1, 0.15) is 44.6 Å². The number of carbonyl (C=O) groups is 2. The SMILES string of the molecule is C[C@H]1CCC/C=C/[C@@H]2C[C@H](OC(=O)OCc3cnc4ccccc4c3)C[C@H]2[C@H](O)/C=C/C(=O)O1. The molecule has 1 aromatic carbocycles. The van der Waals surface area contributed by atoms with E-state index in [1.807, 2.05) is 37.3 Å². The van der Waals surface area contributed by atoms with E-state index in [9.17, 15) is 14.7 Å². The summed E-state index contributed by atoms with van der Waals surface area (Å²) in [5.74, 6) is -0.579. The molecule has 1 aliphatic carbocycles. The van der Waals surface area contributed by atoms with Gasteiger partial charge >= 0.3 is 12.1 Å². The zero-order chi connectivity index (χ0) is 23.9. The van der Waals surface area contributed by atoms with Crippen molar-refractivity contribution < 1.29 is 28.9 Å². The molecular formula is C27H31NO6. The van der Waals surface area contributed by atoms with E-state index in [1.165, 1.54) is 12.2 Å². The molecule has 2 heterocycles.